The number of H-pyrrole nitrogens is 1. The predicted molar refractivity (Wildman–Crippen MR) is 101 cm³/mol. The Morgan fingerprint density at radius 2 is 2.07 bits per heavy atom. The van der Waals surface area contributed by atoms with Gasteiger partial charge in [-0.1, -0.05) is 17.3 Å². The molecule has 0 amide bonds. The van der Waals surface area contributed by atoms with Gasteiger partial charge in [0.25, 0.3) is 5.89 Å². The third-order valence-corrected chi connectivity index (χ3v) is 4.86. The van der Waals surface area contributed by atoms with Gasteiger partial charge in [0.05, 0.1) is 0 Å². The molecule has 0 radical (unpaired) electrons. The van der Waals surface area contributed by atoms with Gasteiger partial charge in [-0.25, -0.2) is 4.98 Å². The second kappa shape index (κ2) is 6.44. The van der Waals surface area contributed by atoms with E-state index in [0.717, 1.165) is 47.7 Å². The minimum absolute atomic E-state index is 0.490. The Labute approximate surface area is 155 Å². The van der Waals surface area contributed by atoms with Crippen LogP contribution in [0.25, 0.3) is 34.2 Å². The maximum Gasteiger partial charge on any atom is 0.258 e. The van der Waals surface area contributed by atoms with Crippen LogP contribution in [0, 0.1) is 6.92 Å². The maximum absolute atomic E-state index is 5.59. The number of rotatable bonds is 3. The van der Waals surface area contributed by atoms with Gasteiger partial charge in [0.15, 0.2) is 0 Å². The van der Waals surface area contributed by atoms with Crippen molar-refractivity contribution >= 4 is 0 Å². The van der Waals surface area contributed by atoms with Crippen molar-refractivity contribution in [2.75, 3.05) is 6.54 Å². The van der Waals surface area contributed by atoms with Crippen LogP contribution >= 0.6 is 0 Å². The minimum atomic E-state index is 0.490. The van der Waals surface area contributed by atoms with Crippen molar-refractivity contribution < 1.29 is 4.52 Å². The Morgan fingerprint density at radius 3 is 2.96 bits per heavy atom. The molecule has 5 rings (SSSR count). The number of pyridine rings is 1. The molecule has 0 aliphatic carbocycles. The molecule has 7 heteroatoms. The molecule has 27 heavy (non-hydrogen) atoms. The molecule has 0 saturated heterocycles. The molecular formula is C20H18N6O. The number of hydrogen-bond acceptors (Lipinski definition) is 6. The summed E-state index contributed by atoms with van der Waals surface area (Å²) in [6.45, 7) is 3.76. The summed E-state index contributed by atoms with van der Waals surface area (Å²) in [5.74, 6) is 1.89. The quantitative estimate of drug-likeness (QED) is 0.584. The molecule has 0 bridgehead atoms. The molecule has 0 fully saturated rings. The number of imidazole rings is 1. The van der Waals surface area contributed by atoms with E-state index >= 15 is 0 Å². The molecule has 0 atom stereocenters. The molecule has 1 aromatic carbocycles. The first-order valence-corrected chi connectivity index (χ1v) is 8.92. The van der Waals surface area contributed by atoms with Gasteiger partial charge in [0.1, 0.15) is 5.82 Å². The lowest BCUT2D eigenvalue weighted by atomic mass is 9.95. The Kier molecular flexibility index (Phi) is 3.79. The van der Waals surface area contributed by atoms with Crippen LogP contribution in [0.2, 0.25) is 0 Å². The third kappa shape index (κ3) is 2.82. The molecule has 3 aromatic heterocycles. The Bertz CT molecular complexity index is 1100. The number of nitrogens with one attached hydrogen (secondary N) is 2. The highest BCUT2D eigenvalue weighted by molar-refractivity contribution is 5.69. The number of hydrogen-bond donors (Lipinski definition) is 2. The number of fused-ring (bicyclic) bond motifs is 1. The van der Waals surface area contributed by atoms with Gasteiger partial charge in [-0.05, 0) is 43.1 Å². The molecule has 2 N–H and O–H groups in total. The van der Waals surface area contributed by atoms with E-state index in [1.54, 1.807) is 12.4 Å². The molecule has 134 valence electrons. The van der Waals surface area contributed by atoms with E-state index in [1.165, 1.54) is 11.1 Å². The van der Waals surface area contributed by atoms with Gasteiger partial charge in [-0.15, -0.1) is 0 Å². The number of aromatic nitrogens is 5. The SMILES string of the molecule is Cc1ncc2c(c1-c1noc(-c3cccc(-c4ncc[nH]4)c3)n1)CCNC2. The second-order valence-corrected chi connectivity index (χ2v) is 6.59. The highest BCUT2D eigenvalue weighted by atomic mass is 16.5. The lowest BCUT2D eigenvalue weighted by Crippen LogP contribution is -2.24. The summed E-state index contributed by atoms with van der Waals surface area (Å²) in [7, 11) is 0. The van der Waals surface area contributed by atoms with Crippen LogP contribution in [0.3, 0.4) is 0 Å². The molecule has 1 aliphatic rings. The van der Waals surface area contributed by atoms with Crippen LogP contribution in [0.5, 0.6) is 0 Å². The first kappa shape index (κ1) is 15.9. The molecule has 1 aliphatic heterocycles. The van der Waals surface area contributed by atoms with Crippen LogP contribution < -0.4 is 5.32 Å². The van der Waals surface area contributed by atoms with Gasteiger partial charge in [0.2, 0.25) is 5.82 Å². The first-order valence-electron chi connectivity index (χ1n) is 8.92. The van der Waals surface area contributed by atoms with E-state index in [0.29, 0.717) is 11.7 Å². The van der Waals surface area contributed by atoms with Crippen molar-refractivity contribution in [1.29, 1.82) is 0 Å². The van der Waals surface area contributed by atoms with Crippen molar-refractivity contribution in [1.82, 2.24) is 30.4 Å². The fraction of sp³-hybridized carbons (Fsp3) is 0.200. The lowest BCUT2D eigenvalue weighted by Gasteiger charge is -2.19. The lowest BCUT2D eigenvalue weighted by molar-refractivity contribution is 0.432. The molecule has 4 aromatic rings. The molecule has 0 spiro atoms. The summed E-state index contributed by atoms with van der Waals surface area (Å²) in [6.07, 6.45) is 6.41. The number of aryl methyl sites for hydroxylation is 1. The van der Waals surface area contributed by atoms with E-state index < -0.39 is 0 Å². The second-order valence-electron chi connectivity index (χ2n) is 6.59. The summed E-state index contributed by atoms with van der Waals surface area (Å²) in [5, 5.41) is 7.63. The Morgan fingerprint density at radius 1 is 1.15 bits per heavy atom. The summed E-state index contributed by atoms with van der Waals surface area (Å²) in [5.41, 5.74) is 6.21. The normalized spacial score (nSPS) is 13.5. The van der Waals surface area contributed by atoms with Crippen LogP contribution in [0.15, 0.2) is 47.4 Å². The van der Waals surface area contributed by atoms with Crippen molar-refractivity contribution in [2.24, 2.45) is 0 Å². The van der Waals surface area contributed by atoms with Gasteiger partial charge < -0.3 is 14.8 Å². The van der Waals surface area contributed by atoms with E-state index in [2.05, 4.69) is 30.4 Å². The zero-order valence-corrected chi connectivity index (χ0v) is 14.9. The standard InChI is InChI=1S/C20H18N6O/c1-12-17(16-5-6-21-10-15(16)11-24-12)19-25-20(27-26-19)14-4-2-3-13(9-14)18-22-7-8-23-18/h2-4,7-9,11,21H,5-6,10H2,1H3,(H,22,23). The molecular weight excluding hydrogens is 340 g/mol. The largest absolute Gasteiger partial charge is 0.345 e. The molecule has 4 heterocycles. The number of benzene rings is 1. The van der Waals surface area contributed by atoms with E-state index in [1.807, 2.05) is 37.4 Å². The van der Waals surface area contributed by atoms with Crippen molar-refractivity contribution in [2.45, 2.75) is 19.9 Å². The van der Waals surface area contributed by atoms with E-state index in [-0.39, 0.29) is 0 Å². The van der Waals surface area contributed by atoms with Crippen LogP contribution in [-0.2, 0) is 13.0 Å². The van der Waals surface area contributed by atoms with E-state index in [9.17, 15) is 0 Å². The monoisotopic (exact) mass is 358 g/mol. The smallest absolute Gasteiger partial charge is 0.258 e. The maximum atomic E-state index is 5.59. The fourth-order valence-corrected chi connectivity index (χ4v) is 3.53. The average molecular weight is 358 g/mol. The summed E-state index contributed by atoms with van der Waals surface area (Å²) in [6, 6.07) is 7.90. The van der Waals surface area contributed by atoms with Crippen molar-refractivity contribution in [3.63, 3.8) is 0 Å². The Balaban J connectivity index is 1.56. The van der Waals surface area contributed by atoms with Gasteiger partial charge in [-0.3, -0.25) is 4.98 Å². The third-order valence-electron chi connectivity index (χ3n) is 4.86. The highest BCUT2D eigenvalue weighted by Gasteiger charge is 2.21. The van der Waals surface area contributed by atoms with Gasteiger partial charge in [0, 0.05) is 47.5 Å². The summed E-state index contributed by atoms with van der Waals surface area (Å²) < 4.78 is 5.59. The predicted octanol–water partition coefficient (Wildman–Crippen LogP) is 3.14. The zero-order chi connectivity index (χ0) is 18.2. The molecule has 0 unspecified atom stereocenters. The Hall–Kier alpha value is -3.32. The van der Waals surface area contributed by atoms with Gasteiger partial charge >= 0.3 is 0 Å². The zero-order valence-electron chi connectivity index (χ0n) is 14.9. The van der Waals surface area contributed by atoms with Gasteiger partial charge in [-0.2, -0.15) is 4.98 Å². The first-order chi connectivity index (χ1) is 13.3. The van der Waals surface area contributed by atoms with E-state index in [4.69, 9.17) is 4.52 Å². The topological polar surface area (TPSA) is 92.5 Å². The summed E-state index contributed by atoms with van der Waals surface area (Å²) in [4.78, 5) is 16.6. The van der Waals surface area contributed by atoms with Crippen LogP contribution in [0.4, 0.5) is 0 Å². The summed E-state index contributed by atoms with van der Waals surface area (Å²) >= 11 is 0. The van der Waals surface area contributed by atoms with Crippen LogP contribution in [-0.4, -0.2) is 31.6 Å². The fourth-order valence-electron chi connectivity index (χ4n) is 3.53. The average Bonchev–Trinajstić information content (AvgIpc) is 3.40. The molecule has 0 saturated carbocycles. The minimum Gasteiger partial charge on any atom is -0.345 e. The number of aromatic amines is 1. The van der Waals surface area contributed by atoms with Crippen molar-refractivity contribution in [3.8, 4) is 34.2 Å². The molecule has 7 nitrogen and oxygen atoms in total. The highest BCUT2D eigenvalue weighted by Crippen LogP contribution is 2.31. The van der Waals surface area contributed by atoms with Crippen LogP contribution in [0.1, 0.15) is 16.8 Å². The number of nitrogens with zero attached hydrogens (tertiary/aromatic N) is 4. The van der Waals surface area contributed by atoms with Crippen molar-refractivity contribution in [3.05, 3.63) is 59.7 Å².